The molecule has 1 saturated heterocycles. The average Bonchev–Trinajstić information content (AvgIpc) is 3.14. The zero-order valence-corrected chi connectivity index (χ0v) is 10.4. The summed E-state index contributed by atoms with van der Waals surface area (Å²) in [6.07, 6.45) is 5.22. The van der Waals surface area contributed by atoms with Crippen LogP contribution in [0.4, 0.5) is 0 Å². The van der Waals surface area contributed by atoms with Gasteiger partial charge in [-0.3, -0.25) is 19.3 Å². The number of likely N-dealkylation sites (tertiary alicyclic amines) is 1. The van der Waals surface area contributed by atoms with Crippen molar-refractivity contribution in [2.24, 2.45) is 35.5 Å². The quantitative estimate of drug-likeness (QED) is 0.593. The van der Waals surface area contributed by atoms with Crippen LogP contribution >= 0.6 is 0 Å². The standard InChI is InChI=1S/C14H15NO4/c16-10(17)3-4-15-13(18)11-6-1-2-7(9-5-8(6)9)12(11)14(15)19/h1-2,6-9,11-12H,3-5H2,(H,16,17)/t6-,7+,8-,9+,11+,12-. The summed E-state index contributed by atoms with van der Waals surface area (Å²) in [6.45, 7) is 0.0226. The number of nitrogens with zero attached hydrogens (tertiary/aromatic N) is 1. The van der Waals surface area contributed by atoms with Gasteiger partial charge in [-0.15, -0.1) is 0 Å². The Bertz CT molecular complexity index is 490. The number of hydrogen-bond acceptors (Lipinski definition) is 3. The second-order valence-electron chi connectivity index (χ2n) is 6.13. The Balaban J connectivity index is 1.63. The Hall–Kier alpha value is -1.65. The van der Waals surface area contributed by atoms with Crippen LogP contribution in [-0.2, 0) is 14.4 Å². The van der Waals surface area contributed by atoms with Gasteiger partial charge in [0.1, 0.15) is 0 Å². The summed E-state index contributed by atoms with van der Waals surface area (Å²) in [4.78, 5) is 36.6. The molecule has 1 aliphatic heterocycles. The van der Waals surface area contributed by atoms with Crippen LogP contribution < -0.4 is 0 Å². The van der Waals surface area contributed by atoms with Crippen LogP contribution in [0, 0.1) is 35.5 Å². The molecule has 5 heteroatoms. The number of aliphatic carboxylic acids is 1. The maximum absolute atomic E-state index is 12.4. The van der Waals surface area contributed by atoms with Gasteiger partial charge in [0.15, 0.2) is 0 Å². The Kier molecular flexibility index (Phi) is 2.04. The SMILES string of the molecule is O=C(O)CCN1C(=O)[C@@H]2[C@H]3C=C[C@H]([C@H]4C[C@@H]34)[C@@H]2C1=O. The highest BCUT2D eigenvalue weighted by Crippen LogP contribution is 2.65. The molecule has 0 aromatic rings. The second kappa shape index (κ2) is 3.46. The Morgan fingerprint density at radius 2 is 1.68 bits per heavy atom. The van der Waals surface area contributed by atoms with Gasteiger partial charge < -0.3 is 5.11 Å². The number of imide groups is 1. The zero-order valence-electron chi connectivity index (χ0n) is 10.4. The lowest BCUT2D eigenvalue weighted by molar-refractivity contribution is -0.142. The predicted molar refractivity (Wildman–Crippen MR) is 63.7 cm³/mol. The number of amides is 2. The predicted octanol–water partition coefficient (Wildman–Crippen LogP) is 0.514. The van der Waals surface area contributed by atoms with Crippen LogP contribution in [0.3, 0.4) is 0 Å². The van der Waals surface area contributed by atoms with E-state index in [1.165, 1.54) is 4.90 Å². The van der Waals surface area contributed by atoms with Gasteiger partial charge in [-0.1, -0.05) is 12.2 Å². The fourth-order valence-electron chi connectivity index (χ4n) is 4.45. The van der Waals surface area contributed by atoms with Gasteiger partial charge in [-0.05, 0) is 30.1 Å². The summed E-state index contributed by atoms with van der Waals surface area (Å²) in [5.41, 5.74) is 0. The van der Waals surface area contributed by atoms with Crippen molar-refractivity contribution < 1.29 is 19.5 Å². The van der Waals surface area contributed by atoms with Gasteiger partial charge in [0.25, 0.3) is 0 Å². The molecule has 0 aromatic carbocycles. The Morgan fingerprint density at radius 1 is 1.16 bits per heavy atom. The van der Waals surface area contributed by atoms with Crippen LogP contribution in [0.5, 0.6) is 0 Å². The van der Waals surface area contributed by atoms with Gasteiger partial charge in [0.2, 0.25) is 11.8 Å². The molecule has 0 unspecified atom stereocenters. The van der Waals surface area contributed by atoms with Crippen LogP contribution in [0.2, 0.25) is 0 Å². The van der Waals surface area contributed by atoms with Crippen LogP contribution in [0.25, 0.3) is 0 Å². The highest BCUT2D eigenvalue weighted by atomic mass is 16.4. The molecule has 6 atom stereocenters. The second-order valence-corrected chi connectivity index (χ2v) is 6.13. The molecular formula is C14H15NO4. The highest BCUT2D eigenvalue weighted by molar-refractivity contribution is 6.06. The summed E-state index contributed by atoms with van der Waals surface area (Å²) in [5, 5.41) is 8.71. The third-order valence-electron chi connectivity index (χ3n) is 5.30. The van der Waals surface area contributed by atoms with Gasteiger partial charge in [0.05, 0.1) is 18.3 Å². The number of carboxylic acids is 1. The highest BCUT2D eigenvalue weighted by Gasteiger charge is 2.66. The molecule has 3 fully saturated rings. The van der Waals surface area contributed by atoms with E-state index < -0.39 is 5.97 Å². The molecule has 100 valence electrons. The minimum atomic E-state index is -0.973. The number of carboxylic acid groups (broad SMARTS) is 1. The normalized spacial score (nSPS) is 45.4. The Labute approximate surface area is 110 Å². The summed E-state index contributed by atoms with van der Waals surface area (Å²) in [6, 6.07) is 0. The minimum Gasteiger partial charge on any atom is -0.481 e. The first-order valence-electron chi connectivity index (χ1n) is 6.85. The van der Waals surface area contributed by atoms with Crippen molar-refractivity contribution in [3.63, 3.8) is 0 Å². The first kappa shape index (κ1) is 11.2. The van der Waals surface area contributed by atoms with Crippen LogP contribution in [-0.4, -0.2) is 34.3 Å². The van der Waals surface area contributed by atoms with E-state index in [1.54, 1.807) is 0 Å². The van der Waals surface area contributed by atoms with Crippen molar-refractivity contribution in [3.05, 3.63) is 12.2 Å². The van der Waals surface area contributed by atoms with Crippen molar-refractivity contribution in [3.8, 4) is 0 Å². The molecule has 5 rings (SSSR count). The number of rotatable bonds is 3. The van der Waals surface area contributed by atoms with E-state index in [2.05, 4.69) is 12.2 Å². The summed E-state index contributed by atoms with van der Waals surface area (Å²) in [5.74, 6) is -0.0567. The van der Waals surface area contributed by atoms with E-state index in [9.17, 15) is 14.4 Å². The molecule has 5 aliphatic rings. The molecule has 1 heterocycles. The topological polar surface area (TPSA) is 74.7 Å². The lowest BCUT2D eigenvalue weighted by Gasteiger charge is -2.37. The van der Waals surface area contributed by atoms with Gasteiger partial charge >= 0.3 is 5.97 Å². The molecule has 1 N–H and O–H groups in total. The molecule has 2 saturated carbocycles. The maximum Gasteiger partial charge on any atom is 0.305 e. The van der Waals surface area contributed by atoms with E-state index in [1.807, 2.05) is 0 Å². The Morgan fingerprint density at radius 3 is 2.16 bits per heavy atom. The lowest BCUT2D eigenvalue weighted by Crippen LogP contribution is -2.40. The van der Waals surface area contributed by atoms with Gasteiger partial charge in [-0.25, -0.2) is 0 Å². The van der Waals surface area contributed by atoms with Crippen molar-refractivity contribution >= 4 is 17.8 Å². The average molecular weight is 261 g/mol. The summed E-state index contributed by atoms with van der Waals surface area (Å²) < 4.78 is 0. The molecule has 0 radical (unpaired) electrons. The first-order valence-corrected chi connectivity index (χ1v) is 6.85. The fourth-order valence-corrected chi connectivity index (χ4v) is 4.45. The van der Waals surface area contributed by atoms with Crippen LogP contribution in [0.1, 0.15) is 12.8 Å². The van der Waals surface area contributed by atoms with E-state index >= 15 is 0 Å². The monoisotopic (exact) mass is 261 g/mol. The van der Waals surface area contributed by atoms with Crippen molar-refractivity contribution in [1.82, 2.24) is 4.90 Å². The lowest BCUT2D eigenvalue weighted by atomic mass is 9.63. The minimum absolute atomic E-state index is 0.0226. The van der Waals surface area contributed by atoms with E-state index in [0.717, 1.165) is 6.42 Å². The molecule has 2 bridgehead atoms. The summed E-state index contributed by atoms with van der Waals surface area (Å²) in [7, 11) is 0. The van der Waals surface area contributed by atoms with E-state index in [4.69, 9.17) is 5.11 Å². The summed E-state index contributed by atoms with van der Waals surface area (Å²) >= 11 is 0. The molecule has 19 heavy (non-hydrogen) atoms. The van der Waals surface area contributed by atoms with Crippen molar-refractivity contribution in [2.45, 2.75) is 12.8 Å². The molecule has 0 spiro atoms. The fraction of sp³-hybridized carbons (Fsp3) is 0.643. The van der Waals surface area contributed by atoms with E-state index in [0.29, 0.717) is 11.8 Å². The maximum atomic E-state index is 12.4. The first-order chi connectivity index (χ1) is 9.09. The third-order valence-corrected chi connectivity index (χ3v) is 5.30. The zero-order chi connectivity index (χ0) is 13.3. The molecule has 0 aromatic heterocycles. The molecular weight excluding hydrogens is 246 g/mol. The van der Waals surface area contributed by atoms with Crippen LogP contribution in [0.15, 0.2) is 12.2 Å². The molecule has 4 aliphatic carbocycles. The molecule has 5 nitrogen and oxygen atoms in total. The van der Waals surface area contributed by atoms with Gasteiger partial charge in [-0.2, -0.15) is 0 Å². The van der Waals surface area contributed by atoms with Crippen molar-refractivity contribution in [2.75, 3.05) is 6.54 Å². The third kappa shape index (κ3) is 1.33. The number of hydrogen-bond donors (Lipinski definition) is 1. The number of allylic oxidation sites excluding steroid dienone is 2. The molecule has 2 amide bonds. The van der Waals surface area contributed by atoms with Gasteiger partial charge in [0, 0.05) is 6.54 Å². The number of carbonyl (C=O) groups excluding carboxylic acids is 2. The smallest absolute Gasteiger partial charge is 0.305 e. The largest absolute Gasteiger partial charge is 0.481 e. The van der Waals surface area contributed by atoms with Crippen molar-refractivity contribution in [1.29, 1.82) is 0 Å². The number of carbonyl (C=O) groups is 3. The van der Waals surface area contributed by atoms with E-state index in [-0.39, 0.29) is 48.5 Å².